The van der Waals surface area contributed by atoms with Gasteiger partial charge in [-0.15, -0.1) is 0 Å². The van der Waals surface area contributed by atoms with Crippen molar-refractivity contribution >= 4 is 39.3 Å². The lowest BCUT2D eigenvalue weighted by Gasteiger charge is -2.32. The van der Waals surface area contributed by atoms with Gasteiger partial charge in [0.15, 0.2) is 6.61 Å². The van der Waals surface area contributed by atoms with Crippen molar-refractivity contribution in [2.75, 3.05) is 6.61 Å². The Morgan fingerprint density at radius 2 is 1.67 bits per heavy atom. The van der Waals surface area contributed by atoms with Gasteiger partial charge in [-0.05, 0) is 60.4 Å². The van der Waals surface area contributed by atoms with E-state index >= 15 is 0 Å². The molecule has 188 valence electrons. The molecule has 0 aromatic heterocycles. The van der Waals surface area contributed by atoms with Gasteiger partial charge in [0.25, 0.3) is 5.91 Å². The number of hydrogen-bond donors (Lipinski definition) is 1. The van der Waals surface area contributed by atoms with Crippen LogP contribution in [0.3, 0.4) is 0 Å². The number of carbonyl (C=O) groups is 2. The summed E-state index contributed by atoms with van der Waals surface area (Å²) in [6, 6.07) is 24.0. The Labute approximate surface area is 225 Å². The smallest absolute Gasteiger partial charge is 0.261 e. The van der Waals surface area contributed by atoms with Gasteiger partial charge >= 0.3 is 0 Å². The summed E-state index contributed by atoms with van der Waals surface area (Å²) in [5.41, 5.74) is 1.92. The molecule has 1 N–H and O–H groups in total. The Morgan fingerprint density at radius 1 is 0.972 bits per heavy atom. The number of nitrogens with zero attached hydrogens (tertiary/aromatic N) is 1. The van der Waals surface area contributed by atoms with E-state index in [1.807, 2.05) is 54.6 Å². The monoisotopic (exact) mass is 568 g/mol. The molecule has 7 heteroatoms. The van der Waals surface area contributed by atoms with Crippen LogP contribution in [0.1, 0.15) is 36.8 Å². The van der Waals surface area contributed by atoms with Crippen LogP contribution in [0.25, 0.3) is 0 Å². The normalized spacial score (nSPS) is 14.3. The number of carbonyl (C=O) groups excluding carboxylic acids is 2. The molecule has 0 radical (unpaired) electrons. The molecule has 0 heterocycles. The number of nitrogens with one attached hydrogen (secondary N) is 1. The van der Waals surface area contributed by atoms with Crippen LogP contribution in [0.4, 0.5) is 0 Å². The number of hydrogen-bond acceptors (Lipinski definition) is 3. The summed E-state index contributed by atoms with van der Waals surface area (Å²) in [4.78, 5) is 28.9. The maximum absolute atomic E-state index is 13.6. The summed E-state index contributed by atoms with van der Waals surface area (Å²) >= 11 is 9.49. The topological polar surface area (TPSA) is 58.6 Å². The summed E-state index contributed by atoms with van der Waals surface area (Å²) < 4.78 is 6.70. The molecule has 1 fully saturated rings. The second kappa shape index (κ2) is 12.9. The predicted octanol–water partition coefficient (Wildman–Crippen LogP) is 6.18. The van der Waals surface area contributed by atoms with Crippen LogP contribution in [0.2, 0.25) is 5.02 Å². The van der Waals surface area contributed by atoms with Crippen molar-refractivity contribution < 1.29 is 14.3 Å². The molecule has 2 amide bonds. The molecule has 1 saturated carbocycles. The second-order valence-electron chi connectivity index (χ2n) is 9.09. The zero-order chi connectivity index (χ0) is 25.3. The van der Waals surface area contributed by atoms with Gasteiger partial charge in [-0.2, -0.15) is 0 Å². The molecule has 0 spiro atoms. The first-order valence-corrected chi connectivity index (χ1v) is 13.4. The first-order valence-electron chi connectivity index (χ1n) is 12.2. The number of benzene rings is 3. The Hall–Kier alpha value is -2.83. The largest absolute Gasteiger partial charge is 0.484 e. The van der Waals surface area contributed by atoms with E-state index in [1.54, 1.807) is 29.2 Å². The highest BCUT2D eigenvalue weighted by atomic mass is 79.9. The average molecular weight is 570 g/mol. The van der Waals surface area contributed by atoms with Crippen LogP contribution < -0.4 is 10.1 Å². The van der Waals surface area contributed by atoms with E-state index in [-0.39, 0.29) is 31.0 Å². The van der Waals surface area contributed by atoms with Gasteiger partial charge in [0, 0.05) is 28.5 Å². The quantitative estimate of drug-likeness (QED) is 0.317. The maximum Gasteiger partial charge on any atom is 0.261 e. The van der Waals surface area contributed by atoms with Gasteiger partial charge in [0.1, 0.15) is 11.8 Å². The fourth-order valence-electron chi connectivity index (χ4n) is 4.51. The Kier molecular flexibility index (Phi) is 9.42. The van der Waals surface area contributed by atoms with Crippen molar-refractivity contribution in [1.29, 1.82) is 0 Å². The zero-order valence-corrected chi connectivity index (χ0v) is 22.4. The standard InChI is InChI=1S/C29H30BrClN2O3/c30-23-10-6-9-22(17-23)19-33(28(34)20-36-26-15-13-24(31)14-16-26)27(18-21-7-2-1-3-8-21)29(35)32-25-11-4-5-12-25/h1-3,6-10,13-17,25,27H,4-5,11-12,18-20H2,(H,32,35)/t27-/m1/s1. The lowest BCUT2D eigenvalue weighted by molar-refractivity contribution is -0.143. The SMILES string of the molecule is O=C(NC1CCCC1)[C@@H](Cc1ccccc1)N(Cc1cccc(Br)c1)C(=O)COc1ccc(Cl)cc1. The molecule has 3 aromatic carbocycles. The third kappa shape index (κ3) is 7.58. The first-order chi connectivity index (χ1) is 17.5. The maximum atomic E-state index is 13.6. The van der Waals surface area contributed by atoms with Crippen LogP contribution in [0.5, 0.6) is 5.75 Å². The van der Waals surface area contributed by atoms with E-state index in [1.165, 1.54) is 0 Å². The van der Waals surface area contributed by atoms with Crippen LogP contribution in [-0.2, 0) is 22.6 Å². The molecule has 0 bridgehead atoms. The molecule has 5 nitrogen and oxygen atoms in total. The second-order valence-corrected chi connectivity index (χ2v) is 10.4. The fourth-order valence-corrected chi connectivity index (χ4v) is 5.08. The third-order valence-electron chi connectivity index (χ3n) is 6.39. The molecule has 3 aromatic rings. The molecule has 36 heavy (non-hydrogen) atoms. The highest BCUT2D eigenvalue weighted by molar-refractivity contribution is 9.10. The summed E-state index contributed by atoms with van der Waals surface area (Å²) in [5, 5.41) is 3.81. The molecule has 1 atom stereocenters. The van der Waals surface area contributed by atoms with Crippen LogP contribution in [0, 0.1) is 0 Å². The van der Waals surface area contributed by atoms with Crippen molar-refractivity contribution in [3.63, 3.8) is 0 Å². The van der Waals surface area contributed by atoms with Crippen molar-refractivity contribution in [3.05, 3.63) is 99.5 Å². The molecular weight excluding hydrogens is 540 g/mol. The Balaban J connectivity index is 1.60. The predicted molar refractivity (Wildman–Crippen MR) is 146 cm³/mol. The van der Waals surface area contributed by atoms with Gasteiger partial charge < -0.3 is 15.0 Å². The van der Waals surface area contributed by atoms with Crippen LogP contribution in [-0.4, -0.2) is 35.4 Å². The minimum Gasteiger partial charge on any atom is -0.484 e. The summed E-state index contributed by atoms with van der Waals surface area (Å²) in [6.45, 7) is 0.107. The summed E-state index contributed by atoms with van der Waals surface area (Å²) in [7, 11) is 0. The van der Waals surface area contributed by atoms with Gasteiger partial charge in [-0.3, -0.25) is 9.59 Å². The van der Waals surface area contributed by atoms with E-state index in [0.29, 0.717) is 17.2 Å². The van der Waals surface area contributed by atoms with Crippen molar-refractivity contribution in [2.45, 2.75) is 50.7 Å². The minimum atomic E-state index is -0.673. The fraction of sp³-hybridized carbons (Fsp3) is 0.310. The van der Waals surface area contributed by atoms with E-state index in [0.717, 1.165) is 41.3 Å². The lowest BCUT2D eigenvalue weighted by atomic mass is 10.0. The van der Waals surface area contributed by atoms with E-state index in [4.69, 9.17) is 16.3 Å². The van der Waals surface area contributed by atoms with Crippen LogP contribution in [0.15, 0.2) is 83.3 Å². The zero-order valence-electron chi connectivity index (χ0n) is 20.0. The third-order valence-corrected chi connectivity index (χ3v) is 7.14. The van der Waals surface area contributed by atoms with E-state index in [9.17, 15) is 9.59 Å². The van der Waals surface area contributed by atoms with E-state index in [2.05, 4.69) is 21.2 Å². The molecule has 0 aliphatic heterocycles. The van der Waals surface area contributed by atoms with Gasteiger partial charge in [0.05, 0.1) is 0 Å². The van der Waals surface area contributed by atoms with Crippen molar-refractivity contribution in [3.8, 4) is 5.75 Å². The molecule has 4 rings (SSSR count). The van der Waals surface area contributed by atoms with Gasteiger partial charge in [-0.1, -0.05) is 82.8 Å². The van der Waals surface area contributed by atoms with Crippen molar-refractivity contribution in [2.24, 2.45) is 0 Å². The molecular formula is C29H30BrClN2O3. The average Bonchev–Trinajstić information content (AvgIpc) is 3.39. The van der Waals surface area contributed by atoms with Crippen molar-refractivity contribution in [1.82, 2.24) is 10.2 Å². The Morgan fingerprint density at radius 3 is 2.36 bits per heavy atom. The summed E-state index contributed by atoms with van der Waals surface area (Å²) in [6.07, 6.45) is 4.60. The Bertz CT molecular complexity index is 1150. The first kappa shape index (κ1) is 26.2. The number of ether oxygens (including phenoxy) is 1. The molecule has 0 unspecified atom stereocenters. The van der Waals surface area contributed by atoms with E-state index < -0.39 is 6.04 Å². The molecule has 1 aliphatic carbocycles. The number of amides is 2. The highest BCUT2D eigenvalue weighted by Crippen LogP contribution is 2.22. The lowest BCUT2D eigenvalue weighted by Crippen LogP contribution is -2.53. The molecule has 1 aliphatic rings. The number of halogens is 2. The summed E-state index contributed by atoms with van der Waals surface area (Å²) in [5.74, 6) is 0.165. The molecule has 0 saturated heterocycles. The van der Waals surface area contributed by atoms with Gasteiger partial charge in [0.2, 0.25) is 5.91 Å². The highest BCUT2D eigenvalue weighted by Gasteiger charge is 2.32. The van der Waals surface area contributed by atoms with Gasteiger partial charge in [-0.25, -0.2) is 0 Å². The number of rotatable bonds is 10. The minimum absolute atomic E-state index is 0.124. The van der Waals surface area contributed by atoms with Crippen LogP contribution >= 0.6 is 27.5 Å².